The Morgan fingerprint density at radius 3 is 2.65 bits per heavy atom. The third kappa shape index (κ3) is 2.73. The van der Waals surface area contributed by atoms with Crippen LogP contribution in [0.4, 0.5) is 0 Å². The van der Waals surface area contributed by atoms with E-state index in [0.29, 0.717) is 0 Å². The highest BCUT2D eigenvalue weighted by Crippen LogP contribution is 2.28. The van der Waals surface area contributed by atoms with E-state index in [0.717, 1.165) is 12.1 Å². The molecule has 3 heteroatoms. The molecule has 0 saturated carbocycles. The molecule has 0 spiro atoms. The predicted octanol–water partition coefficient (Wildman–Crippen LogP) is 3.32. The summed E-state index contributed by atoms with van der Waals surface area (Å²) in [5, 5.41) is 3.36. The Kier molecular flexibility index (Phi) is 3.92. The molecule has 2 heterocycles. The first-order valence-corrected chi connectivity index (χ1v) is 6.74. The lowest BCUT2D eigenvalue weighted by Gasteiger charge is -2.14. The molecular weight excluding hydrogens is 228 g/mol. The van der Waals surface area contributed by atoms with Crippen molar-refractivity contribution in [3.63, 3.8) is 0 Å². The van der Waals surface area contributed by atoms with Gasteiger partial charge in [-0.2, -0.15) is 0 Å². The molecule has 0 bridgehead atoms. The lowest BCUT2D eigenvalue weighted by atomic mass is 10.1. The van der Waals surface area contributed by atoms with Crippen LogP contribution in [0.25, 0.3) is 0 Å². The minimum absolute atomic E-state index is 0.258. The number of hydrogen-bond donors (Lipinski definition) is 1. The Hall–Kier alpha value is -1.19. The van der Waals surface area contributed by atoms with Gasteiger partial charge in [-0.3, -0.25) is 4.98 Å². The fourth-order valence-electron chi connectivity index (χ4n) is 1.86. The quantitative estimate of drug-likeness (QED) is 0.895. The smallest absolute Gasteiger partial charge is 0.0683 e. The summed E-state index contributed by atoms with van der Waals surface area (Å²) in [6.45, 7) is 4.20. The van der Waals surface area contributed by atoms with Gasteiger partial charge in [0.1, 0.15) is 0 Å². The van der Waals surface area contributed by atoms with E-state index in [1.165, 1.54) is 15.3 Å². The number of hydrogen-bond acceptors (Lipinski definition) is 3. The maximum Gasteiger partial charge on any atom is 0.0683 e. The molecule has 1 N–H and O–H groups in total. The molecule has 0 fully saturated rings. The highest BCUT2D eigenvalue weighted by Gasteiger charge is 2.14. The summed E-state index contributed by atoms with van der Waals surface area (Å²) in [6, 6.07) is 8.90. The van der Waals surface area contributed by atoms with Crippen molar-refractivity contribution in [3.8, 4) is 0 Å². The summed E-state index contributed by atoms with van der Waals surface area (Å²) in [6.07, 6.45) is 3.06. The molecule has 2 aromatic heterocycles. The van der Waals surface area contributed by atoms with Crippen LogP contribution in [0.3, 0.4) is 0 Å². The second-order valence-electron chi connectivity index (χ2n) is 4.11. The van der Waals surface area contributed by atoms with Crippen LogP contribution < -0.4 is 5.32 Å². The first kappa shape index (κ1) is 12.3. The molecule has 2 nitrogen and oxygen atoms in total. The maximum absolute atomic E-state index is 4.37. The van der Waals surface area contributed by atoms with Crippen LogP contribution in [0.5, 0.6) is 0 Å². The number of thiophene rings is 1. The number of pyridine rings is 1. The molecule has 0 aliphatic heterocycles. The van der Waals surface area contributed by atoms with E-state index < -0.39 is 0 Å². The Bertz CT molecular complexity index is 473. The van der Waals surface area contributed by atoms with Crippen molar-refractivity contribution in [1.82, 2.24) is 10.3 Å². The minimum atomic E-state index is 0.258. The summed E-state index contributed by atoms with van der Waals surface area (Å²) >= 11 is 1.87. The minimum Gasteiger partial charge on any atom is -0.309 e. The SMILES string of the molecule is CCc1ccc(C(NC)c2ccc(C)nc2)s1. The third-order valence-electron chi connectivity index (χ3n) is 2.87. The number of aromatic nitrogens is 1. The number of aryl methyl sites for hydroxylation is 2. The van der Waals surface area contributed by atoms with Gasteiger partial charge >= 0.3 is 0 Å². The van der Waals surface area contributed by atoms with E-state index in [4.69, 9.17) is 0 Å². The van der Waals surface area contributed by atoms with Gasteiger partial charge in [0.15, 0.2) is 0 Å². The Labute approximate surface area is 107 Å². The number of rotatable bonds is 4. The van der Waals surface area contributed by atoms with E-state index in [9.17, 15) is 0 Å². The van der Waals surface area contributed by atoms with E-state index in [1.54, 1.807) is 0 Å². The van der Waals surface area contributed by atoms with Gasteiger partial charge in [0, 0.05) is 21.6 Å². The van der Waals surface area contributed by atoms with E-state index in [1.807, 2.05) is 31.5 Å². The predicted molar refractivity (Wildman–Crippen MR) is 73.6 cm³/mol. The van der Waals surface area contributed by atoms with E-state index in [2.05, 4.69) is 41.5 Å². The lowest BCUT2D eigenvalue weighted by molar-refractivity contribution is 0.700. The highest BCUT2D eigenvalue weighted by atomic mass is 32.1. The molecule has 0 saturated heterocycles. The van der Waals surface area contributed by atoms with E-state index in [-0.39, 0.29) is 6.04 Å². The zero-order valence-corrected chi connectivity index (χ0v) is 11.3. The average Bonchev–Trinajstić information content (AvgIpc) is 2.81. The number of nitrogens with zero attached hydrogens (tertiary/aromatic N) is 1. The van der Waals surface area contributed by atoms with Crippen molar-refractivity contribution in [2.45, 2.75) is 26.3 Å². The highest BCUT2D eigenvalue weighted by molar-refractivity contribution is 7.12. The second-order valence-corrected chi connectivity index (χ2v) is 5.31. The van der Waals surface area contributed by atoms with Crippen molar-refractivity contribution >= 4 is 11.3 Å². The molecule has 0 aliphatic carbocycles. The van der Waals surface area contributed by atoms with Crippen LogP contribution in [0.15, 0.2) is 30.5 Å². The lowest BCUT2D eigenvalue weighted by Crippen LogP contribution is -2.16. The summed E-state index contributed by atoms with van der Waals surface area (Å²) in [5.41, 5.74) is 2.28. The van der Waals surface area contributed by atoms with Crippen molar-refractivity contribution < 1.29 is 0 Å². The molecule has 90 valence electrons. The van der Waals surface area contributed by atoms with Gasteiger partial charge in [-0.25, -0.2) is 0 Å². The van der Waals surface area contributed by atoms with Crippen molar-refractivity contribution in [3.05, 3.63) is 51.5 Å². The van der Waals surface area contributed by atoms with Gasteiger partial charge in [0.25, 0.3) is 0 Å². The Balaban J connectivity index is 2.29. The largest absolute Gasteiger partial charge is 0.309 e. The second kappa shape index (κ2) is 5.43. The van der Waals surface area contributed by atoms with Crippen LogP contribution in [0, 0.1) is 6.92 Å². The van der Waals surface area contributed by atoms with E-state index >= 15 is 0 Å². The summed E-state index contributed by atoms with van der Waals surface area (Å²) < 4.78 is 0. The summed E-state index contributed by atoms with van der Waals surface area (Å²) in [7, 11) is 2.00. The normalized spacial score (nSPS) is 12.6. The van der Waals surface area contributed by atoms with Crippen LogP contribution in [-0.2, 0) is 6.42 Å². The molecule has 0 aliphatic rings. The molecule has 0 amide bonds. The van der Waals surface area contributed by atoms with Gasteiger partial charge in [-0.15, -0.1) is 11.3 Å². The average molecular weight is 246 g/mol. The molecule has 1 unspecified atom stereocenters. The summed E-state index contributed by atoms with van der Waals surface area (Å²) in [4.78, 5) is 7.15. The molecule has 17 heavy (non-hydrogen) atoms. The van der Waals surface area contributed by atoms with Crippen LogP contribution in [0.2, 0.25) is 0 Å². The van der Waals surface area contributed by atoms with Gasteiger partial charge in [-0.1, -0.05) is 13.0 Å². The van der Waals surface area contributed by atoms with Crippen LogP contribution >= 0.6 is 11.3 Å². The molecule has 0 aromatic carbocycles. The first-order chi connectivity index (χ1) is 8.24. The number of nitrogens with one attached hydrogen (secondary N) is 1. The topological polar surface area (TPSA) is 24.9 Å². The van der Waals surface area contributed by atoms with Crippen molar-refractivity contribution in [1.29, 1.82) is 0 Å². The molecule has 2 aromatic rings. The fraction of sp³-hybridized carbons (Fsp3) is 0.357. The van der Waals surface area contributed by atoms with Gasteiger partial charge in [-0.05, 0) is 44.2 Å². The zero-order chi connectivity index (χ0) is 12.3. The Morgan fingerprint density at radius 1 is 1.29 bits per heavy atom. The molecule has 0 radical (unpaired) electrons. The van der Waals surface area contributed by atoms with Gasteiger partial charge < -0.3 is 5.32 Å². The molecule has 1 atom stereocenters. The van der Waals surface area contributed by atoms with Crippen LogP contribution in [-0.4, -0.2) is 12.0 Å². The van der Waals surface area contributed by atoms with Crippen LogP contribution in [0.1, 0.15) is 34.0 Å². The molecule has 2 rings (SSSR count). The standard InChI is InChI=1S/C14H18N2S/c1-4-12-7-8-13(17-12)14(15-3)11-6-5-10(2)16-9-11/h5-9,14-15H,4H2,1-3H3. The van der Waals surface area contributed by atoms with Gasteiger partial charge in [0.05, 0.1) is 6.04 Å². The van der Waals surface area contributed by atoms with Crippen molar-refractivity contribution in [2.75, 3.05) is 7.05 Å². The Morgan fingerprint density at radius 2 is 2.12 bits per heavy atom. The first-order valence-electron chi connectivity index (χ1n) is 5.93. The van der Waals surface area contributed by atoms with Crippen molar-refractivity contribution in [2.24, 2.45) is 0 Å². The monoisotopic (exact) mass is 246 g/mol. The third-order valence-corrected chi connectivity index (χ3v) is 4.17. The van der Waals surface area contributed by atoms with Gasteiger partial charge in [0.2, 0.25) is 0 Å². The maximum atomic E-state index is 4.37. The zero-order valence-electron chi connectivity index (χ0n) is 10.5. The molecular formula is C14H18N2S. The fourth-order valence-corrected chi connectivity index (χ4v) is 2.95. The summed E-state index contributed by atoms with van der Waals surface area (Å²) in [5.74, 6) is 0.